The van der Waals surface area contributed by atoms with Gasteiger partial charge >= 0.3 is 0 Å². The summed E-state index contributed by atoms with van der Waals surface area (Å²) >= 11 is 1.66. The molecular weight excluding hydrogens is 370 g/mol. The van der Waals surface area contributed by atoms with Crippen molar-refractivity contribution in [1.82, 2.24) is 9.78 Å². The first-order valence-corrected chi connectivity index (χ1v) is 11.1. The van der Waals surface area contributed by atoms with Crippen molar-refractivity contribution in [2.24, 2.45) is 0 Å². The van der Waals surface area contributed by atoms with Gasteiger partial charge in [0.05, 0.1) is 22.7 Å². The van der Waals surface area contributed by atoms with Gasteiger partial charge in [-0.05, 0) is 37.5 Å². The number of hydrogen-bond acceptors (Lipinski definition) is 4. The van der Waals surface area contributed by atoms with Crippen LogP contribution in [0.25, 0.3) is 0 Å². The van der Waals surface area contributed by atoms with Crippen molar-refractivity contribution in [2.45, 2.75) is 50.3 Å². The van der Waals surface area contributed by atoms with Crippen molar-refractivity contribution < 1.29 is 9.53 Å². The van der Waals surface area contributed by atoms with E-state index in [4.69, 9.17) is 9.84 Å². The van der Waals surface area contributed by atoms with E-state index in [1.165, 1.54) is 24.8 Å². The van der Waals surface area contributed by atoms with Gasteiger partial charge in [0.25, 0.3) is 0 Å². The number of ether oxygens (including phenoxy) is 1. The Bertz CT molecular complexity index is 853. The number of hydrogen-bond donors (Lipinski definition) is 1. The first-order valence-electron chi connectivity index (χ1n) is 10.0. The number of amides is 1. The summed E-state index contributed by atoms with van der Waals surface area (Å²) in [5, 5.41) is 8.11. The van der Waals surface area contributed by atoms with Gasteiger partial charge in [-0.25, -0.2) is 4.68 Å². The van der Waals surface area contributed by atoms with Crippen LogP contribution in [0.4, 0.5) is 5.82 Å². The molecule has 1 amide bonds. The molecule has 1 aliphatic heterocycles. The molecular formula is C22H27N3O2S. The molecule has 1 fully saturated rings. The zero-order chi connectivity index (χ0) is 19.5. The fourth-order valence-corrected chi connectivity index (χ4v) is 5.34. The third-order valence-corrected chi connectivity index (χ3v) is 6.77. The normalized spacial score (nSPS) is 20.2. The minimum absolute atomic E-state index is 0.0524. The Morgan fingerprint density at radius 1 is 1.29 bits per heavy atom. The van der Waals surface area contributed by atoms with Crippen LogP contribution >= 0.6 is 11.8 Å². The molecule has 148 valence electrons. The topological polar surface area (TPSA) is 56.1 Å². The van der Waals surface area contributed by atoms with Crippen molar-refractivity contribution in [2.75, 3.05) is 17.7 Å². The molecule has 1 unspecified atom stereocenters. The Morgan fingerprint density at radius 2 is 2.04 bits per heavy atom. The molecule has 1 atom stereocenters. The molecule has 2 heterocycles. The number of anilines is 1. The summed E-state index contributed by atoms with van der Waals surface area (Å²) < 4.78 is 7.71. The van der Waals surface area contributed by atoms with E-state index in [-0.39, 0.29) is 11.2 Å². The highest BCUT2D eigenvalue weighted by atomic mass is 32.2. The third kappa shape index (κ3) is 3.83. The summed E-state index contributed by atoms with van der Waals surface area (Å²) in [6.45, 7) is 6.24. The maximum absolute atomic E-state index is 12.4. The predicted molar refractivity (Wildman–Crippen MR) is 114 cm³/mol. The highest BCUT2D eigenvalue weighted by molar-refractivity contribution is 8.00. The monoisotopic (exact) mass is 397 g/mol. The molecule has 28 heavy (non-hydrogen) atoms. The number of carbonyl (C=O) groups excluding carboxylic acids is 1. The van der Waals surface area contributed by atoms with E-state index < -0.39 is 0 Å². The Morgan fingerprint density at radius 3 is 2.75 bits per heavy atom. The van der Waals surface area contributed by atoms with Gasteiger partial charge in [-0.3, -0.25) is 4.79 Å². The minimum atomic E-state index is 0.0524. The maximum atomic E-state index is 12.4. The second-order valence-corrected chi connectivity index (χ2v) is 8.59. The minimum Gasteiger partial charge on any atom is -0.490 e. The van der Waals surface area contributed by atoms with Crippen LogP contribution in [0.2, 0.25) is 0 Å². The van der Waals surface area contributed by atoms with Crippen LogP contribution in [0, 0.1) is 6.92 Å². The number of aryl methyl sites for hydroxylation is 1. The van der Waals surface area contributed by atoms with E-state index in [0.717, 1.165) is 35.7 Å². The lowest BCUT2D eigenvalue weighted by Crippen LogP contribution is -2.20. The largest absolute Gasteiger partial charge is 0.490 e. The van der Waals surface area contributed by atoms with E-state index in [1.54, 1.807) is 17.8 Å². The molecule has 0 bridgehead atoms. The Balaban J connectivity index is 1.69. The number of rotatable bonds is 5. The van der Waals surface area contributed by atoms with Gasteiger partial charge in [0.15, 0.2) is 0 Å². The van der Waals surface area contributed by atoms with Crippen LogP contribution in [-0.4, -0.2) is 28.0 Å². The second kappa shape index (κ2) is 8.43. The first kappa shape index (κ1) is 19.1. The van der Waals surface area contributed by atoms with E-state index >= 15 is 0 Å². The molecule has 0 radical (unpaired) electrons. The van der Waals surface area contributed by atoms with Crippen LogP contribution in [0.3, 0.4) is 0 Å². The molecule has 4 rings (SSSR count). The fourth-order valence-electron chi connectivity index (χ4n) is 4.16. The van der Waals surface area contributed by atoms with Crippen LogP contribution in [0.1, 0.15) is 60.2 Å². The van der Waals surface area contributed by atoms with E-state index in [1.807, 2.05) is 12.1 Å². The van der Waals surface area contributed by atoms with E-state index in [0.29, 0.717) is 18.4 Å². The number of fused-ring (bicyclic) bond motifs is 1. The molecule has 1 aromatic carbocycles. The predicted octanol–water partition coefficient (Wildman–Crippen LogP) is 5.04. The van der Waals surface area contributed by atoms with Crippen LogP contribution in [0.15, 0.2) is 36.9 Å². The zero-order valence-corrected chi connectivity index (χ0v) is 17.1. The lowest BCUT2D eigenvalue weighted by Gasteiger charge is -2.24. The van der Waals surface area contributed by atoms with Gasteiger partial charge in [0.2, 0.25) is 5.91 Å². The van der Waals surface area contributed by atoms with Crippen molar-refractivity contribution in [3.63, 3.8) is 0 Å². The standard InChI is InChI=1S/C22H27N3O2S/c1-3-13-27-18-11-9-16(10-12-18)21-20-15(2)24-25(17-7-5-4-6-8-17)22(20)23-19(26)14-28-21/h3,9-12,17,21H,1,4-8,13-14H2,2H3,(H,23,26). The average molecular weight is 398 g/mol. The summed E-state index contributed by atoms with van der Waals surface area (Å²) in [6, 6.07) is 8.54. The number of nitrogens with one attached hydrogen (secondary N) is 1. The van der Waals surface area contributed by atoms with Crippen molar-refractivity contribution >= 4 is 23.5 Å². The lowest BCUT2D eigenvalue weighted by molar-refractivity contribution is -0.113. The van der Waals surface area contributed by atoms with E-state index in [2.05, 4.69) is 35.6 Å². The summed E-state index contributed by atoms with van der Waals surface area (Å²) in [7, 11) is 0. The highest BCUT2D eigenvalue weighted by Crippen LogP contribution is 2.45. The number of carbonyl (C=O) groups is 1. The molecule has 6 heteroatoms. The molecule has 1 aromatic heterocycles. The molecule has 0 spiro atoms. The van der Waals surface area contributed by atoms with Crippen molar-refractivity contribution in [3.05, 3.63) is 53.7 Å². The Labute approximate surface area is 170 Å². The maximum Gasteiger partial charge on any atom is 0.235 e. The second-order valence-electron chi connectivity index (χ2n) is 7.49. The molecule has 1 aliphatic carbocycles. The van der Waals surface area contributed by atoms with Crippen LogP contribution in [0.5, 0.6) is 5.75 Å². The Kier molecular flexibility index (Phi) is 5.76. The smallest absolute Gasteiger partial charge is 0.235 e. The summed E-state index contributed by atoms with van der Waals surface area (Å²) in [6.07, 6.45) is 7.77. The van der Waals surface area contributed by atoms with Gasteiger partial charge in [-0.1, -0.05) is 44.1 Å². The van der Waals surface area contributed by atoms with Crippen LogP contribution < -0.4 is 10.1 Å². The molecule has 1 saturated carbocycles. The number of thioether (sulfide) groups is 1. The molecule has 5 nitrogen and oxygen atoms in total. The molecule has 1 N–H and O–H groups in total. The average Bonchev–Trinajstić information content (AvgIpc) is 2.93. The van der Waals surface area contributed by atoms with Gasteiger partial charge in [0.1, 0.15) is 18.2 Å². The van der Waals surface area contributed by atoms with Crippen LogP contribution in [-0.2, 0) is 4.79 Å². The summed E-state index contributed by atoms with van der Waals surface area (Å²) in [4.78, 5) is 12.4. The van der Waals surface area contributed by atoms with Gasteiger partial charge in [-0.15, -0.1) is 11.8 Å². The quantitative estimate of drug-likeness (QED) is 0.719. The molecule has 0 saturated heterocycles. The third-order valence-electron chi connectivity index (χ3n) is 5.50. The van der Waals surface area contributed by atoms with Gasteiger partial charge in [0, 0.05) is 5.56 Å². The SMILES string of the molecule is C=CCOc1ccc(C2SCC(=O)Nc3c2c(C)nn3C2CCCCC2)cc1. The zero-order valence-electron chi connectivity index (χ0n) is 16.3. The lowest BCUT2D eigenvalue weighted by atomic mass is 9.95. The highest BCUT2D eigenvalue weighted by Gasteiger charge is 2.32. The van der Waals surface area contributed by atoms with E-state index in [9.17, 15) is 4.79 Å². The summed E-state index contributed by atoms with van der Waals surface area (Å²) in [5.41, 5.74) is 3.31. The number of nitrogens with zero attached hydrogens (tertiary/aromatic N) is 2. The van der Waals surface area contributed by atoms with Gasteiger partial charge in [-0.2, -0.15) is 5.10 Å². The summed E-state index contributed by atoms with van der Waals surface area (Å²) in [5.74, 6) is 2.22. The Hall–Kier alpha value is -2.21. The van der Waals surface area contributed by atoms with Crippen molar-refractivity contribution in [3.8, 4) is 5.75 Å². The first-order chi connectivity index (χ1) is 13.7. The van der Waals surface area contributed by atoms with Crippen molar-refractivity contribution in [1.29, 1.82) is 0 Å². The fraction of sp³-hybridized carbons (Fsp3) is 0.455. The molecule has 2 aromatic rings. The number of benzene rings is 1. The number of aromatic nitrogens is 2. The molecule has 2 aliphatic rings. The van der Waals surface area contributed by atoms with Gasteiger partial charge < -0.3 is 10.1 Å².